The predicted molar refractivity (Wildman–Crippen MR) is 135 cm³/mol. The Labute approximate surface area is 208 Å². The molecule has 35 heavy (non-hydrogen) atoms. The third-order valence-electron chi connectivity index (χ3n) is 6.29. The van der Waals surface area contributed by atoms with Gasteiger partial charge < -0.3 is 20.0 Å². The number of hydrogen-bond acceptors (Lipinski definition) is 8. The lowest BCUT2D eigenvalue weighted by atomic mass is 10.2. The van der Waals surface area contributed by atoms with Crippen LogP contribution >= 0.6 is 11.8 Å². The normalized spacial score (nSPS) is 18.8. The summed E-state index contributed by atoms with van der Waals surface area (Å²) in [5.41, 5.74) is 1.87. The molecule has 2 aliphatic heterocycles. The molecule has 2 aliphatic rings. The van der Waals surface area contributed by atoms with Gasteiger partial charge in [-0.3, -0.25) is 9.59 Å². The van der Waals surface area contributed by atoms with E-state index < -0.39 is 11.9 Å². The fourth-order valence-corrected chi connectivity index (χ4v) is 5.21. The summed E-state index contributed by atoms with van der Waals surface area (Å²) in [7, 11) is 3.86. The smallest absolute Gasteiger partial charge is 0.291 e. The topological polar surface area (TPSA) is 99.5 Å². The first-order chi connectivity index (χ1) is 17.0. The van der Waals surface area contributed by atoms with Crippen LogP contribution in [0.25, 0.3) is 0 Å². The maximum atomic E-state index is 13.3. The Bertz CT molecular complexity index is 1210. The third kappa shape index (κ3) is 5.15. The number of pyridine rings is 1. The number of nitrogens with zero attached hydrogens (tertiary/aromatic N) is 7. The van der Waals surface area contributed by atoms with Crippen LogP contribution in [0.1, 0.15) is 16.2 Å². The molecular formula is C24H28N8O2S. The number of carbonyl (C=O) groups excluding carboxylic acids is 2. The molecule has 0 aliphatic carbocycles. The van der Waals surface area contributed by atoms with Gasteiger partial charge in [0.05, 0.1) is 12.2 Å². The van der Waals surface area contributed by atoms with Crippen LogP contribution in [-0.2, 0) is 11.3 Å². The summed E-state index contributed by atoms with van der Waals surface area (Å²) in [6.45, 7) is 4.27. The summed E-state index contributed by atoms with van der Waals surface area (Å²) in [5.74, 6) is 0.674. The number of piperazine rings is 1. The number of thioether (sulfide) groups is 1. The minimum absolute atomic E-state index is 0.0437. The Morgan fingerprint density at radius 3 is 2.66 bits per heavy atom. The van der Waals surface area contributed by atoms with E-state index in [-0.39, 0.29) is 11.7 Å². The molecule has 5 rings (SSSR count). The molecule has 3 aromatic rings. The van der Waals surface area contributed by atoms with Crippen molar-refractivity contribution in [2.75, 3.05) is 55.8 Å². The fourth-order valence-electron chi connectivity index (χ4n) is 4.17. The van der Waals surface area contributed by atoms with Crippen molar-refractivity contribution >= 4 is 35.1 Å². The minimum atomic E-state index is -0.696. The number of anilines is 2. The molecular weight excluding hydrogens is 464 g/mol. The van der Waals surface area contributed by atoms with Crippen LogP contribution < -0.4 is 15.1 Å². The Hall–Kier alpha value is -3.44. The van der Waals surface area contributed by atoms with E-state index in [1.54, 1.807) is 16.6 Å². The first-order valence-electron chi connectivity index (χ1n) is 11.6. The molecule has 0 radical (unpaired) electrons. The predicted octanol–water partition coefficient (Wildman–Crippen LogP) is 1.34. The molecule has 2 aromatic heterocycles. The molecule has 1 atom stereocenters. The van der Waals surface area contributed by atoms with Crippen LogP contribution in [0.15, 0.2) is 53.8 Å². The molecule has 1 saturated heterocycles. The van der Waals surface area contributed by atoms with Gasteiger partial charge in [0.1, 0.15) is 18.2 Å². The van der Waals surface area contributed by atoms with Crippen molar-refractivity contribution in [3.8, 4) is 0 Å². The lowest BCUT2D eigenvalue weighted by molar-refractivity contribution is -0.119. The van der Waals surface area contributed by atoms with Gasteiger partial charge in [0.2, 0.25) is 11.7 Å². The van der Waals surface area contributed by atoms with E-state index in [4.69, 9.17) is 0 Å². The lowest BCUT2D eigenvalue weighted by Gasteiger charge is -2.33. The first-order valence-corrected chi connectivity index (χ1v) is 12.5. The highest BCUT2D eigenvalue weighted by Crippen LogP contribution is 2.35. The van der Waals surface area contributed by atoms with E-state index in [9.17, 15) is 9.59 Å². The van der Waals surface area contributed by atoms with Crippen LogP contribution in [0.2, 0.25) is 0 Å². The number of fused-ring (bicyclic) bond motifs is 1. The molecule has 0 saturated carbocycles. The fraction of sp³-hybridized carbons (Fsp3) is 0.375. The largest absolute Gasteiger partial charge is 0.354 e. The molecule has 0 spiro atoms. The third-order valence-corrected chi connectivity index (χ3v) is 7.41. The number of amides is 2. The average molecular weight is 493 g/mol. The number of carbonyl (C=O) groups is 2. The Morgan fingerprint density at radius 1 is 1.11 bits per heavy atom. The molecule has 1 N–H and O–H groups in total. The maximum absolute atomic E-state index is 13.3. The highest BCUT2D eigenvalue weighted by molar-refractivity contribution is 7.99. The standard InChI is InChI=1S/C24H28N8O2S/c1-29-8-10-31(11-9-29)21-12-19-20(13-25-21)35-15-18(24(34)30(19)2)27-23(33)22-26-16-32(28-22)14-17-6-4-3-5-7-17/h3-7,12-13,16,18H,8-11,14-15H2,1-2H3,(H,27,33)/t18-/m0/s1. The van der Waals surface area contributed by atoms with Crippen molar-refractivity contribution < 1.29 is 9.59 Å². The lowest BCUT2D eigenvalue weighted by Crippen LogP contribution is -2.48. The summed E-state index contributed by atoms with van der Waals surface area (Å²) in [6, 6.07) is 11.1. The molecule has 10 nitrogen and oxygen atoms in total. The highest BCUT2D eigenvalue weighted by atomic mass is 32.2. The minimum Gasteiger partial charge on any atom is -0.354 e. The Kier molecular flexibility index (Phi) is 6.69. The molecule has 1 aromatic carbocycles. The van der Waals surface area contributed by atoms with E-state index in [1.807, 2.05) is 42.6 Å². The van der Waals surface area contributed by atoms with Gasteiger partial charge in [-0.25, -0.2) is 14.6 Å². The second kappa shape index (κ2) is 10.0. The van der Waals surface area contributed by atoms with Crippen LogP contribution in [0.5, 0.6) is 0 Å². The van der Waals surface area contributed by atoms with Crippen molar-refractivity contribution in [3.63, 3.8) is 0 Å². The zero-order chi connectivity index (χ0) is 24.4. The number of rotatable bonds is 5. The average Bonchev–Trinajstić information content (AvgIpc) is 3.31. The van der Waals surface area contributed by atoms with Gasteiger partial charge in [0.25, 0.3) is 5.91 Å². The van der Waals surface area contributed by atoms with E-state index in [2.05, 4.69) is 37.2 Å². The van der Waals surface area contributed by atoms with Crippen molar-refractivity contribution in [2.24, 2.45) is 0 Å². The number of nitrogens with one attached hydrogen (secondary N) is 1. The molecule has 0 unspecified atom stereocenters. The van der Waals surface area contributed by atoms with E-state index >= 15 is 0 Å². The summed E-state index contributed by atoms with van der Waals surface area (Å²) in [6.07, 6.45) is 3.35. The number of hydrogen-bond donors (Lipinski definition) is 1. The van der Waals surface area contributed by atoms with Crippen molar-refractivity contribution in [2.45, 2.75) is 17.5 Å². The Balaban J connectivity index is 1.26. The van der Waals surface area contributed by atoms with Crippen molar-refractivity contribution in [1.29, 1.82) is 0 Å². The number of benzene rings is 1. The zero-order valence-corrected chi connectivity index (χ0v) is 20.6. The SMILES string of the molecule is CN1CCN(c2cc3c(cn2)SC[C@H](NC(=O)c2ncn(Cc4ccccc4)n2)C(=O)N3C)CC1. The van der Waals surface area contributed by atoms with E-state index in [0.29, 0.717) is 12.3 Å². The number of likely N-dealkylation sites (N-methyl/N-ethyl adjacent to an activating group) is 2. The molecule has 4 heterocycles. The van der Waals surface area contributed by atoms with Crippen molar-refractivity contribution in [1.82, 2.24) is 30.0 Å². The monoisotopic (exact) mass is 492 g/mol. The summed E-state index contributed by atoms with van der Waals surface area (Å²) in [5, 5.41) is 7.11. The number of aromatic nitrogens is 4. The van der Waals surface area contributed by atoms with Gasteiger partial charge in [-0.2, -0.15) is 0 Å². The molecule has 2 amide bonds. The molecule has 11 heteroatoms. The van der Waals surface area contributed by atoms with E-state index in [0.717, 1.165) is 48.1 Å². The van der Waals surface area contributed by atoms with Crippen LogP contribution in [0.3, 0.4) is 0 Å². The quantitative estimate of drug-likeness (QED) is 0.570. The van der Waals surface area contributed by atoms with Gasteiger partial charge in [0, 0.05) is 56.1 Å². The summed E-state index contributed by atoms with van der Waals surface area (Å²) in [4.78, 5) is 42.0. The van der Waals surface area contributed by atoms with Gasteiger partial charge in [0.15, 0.2) is 0 Å². The molecule has 0 bridgehead atoms. The maximum Gasteiger partial charge on any atom is 0.291 e. The van der Waals surface area contributed by atoms with Crippen LogP contribution in [0, 0.1) is 0 Å². The van der Waals surface area contributed by atoms with Crippen LogP contribution in [0.4, 0.5) is 11.5 Å². The van der Waals surface area contributed by atoms with Crippen LogP contribution in [-0.4, -0.2) is 88.5 Å². The van der Waals surface area contributed by atoms with E-state index in [1.165, 1.54) is 18.1 Å². The Morgan fingerprint density at radius 2 is 1.89 bits per heavy atom. The van der Waals surface area contributed by atoms with Gasteiger partial charge in [-0.05, 0) is 12.6 Å². The van der Waals surface area contributed by atoms with Gasteiger partial charge in [-0.1, -0.05) is 30.3 Å². The molecule has 1 fully saturated rings. The second-order valence-corrected chi connectivity index (χ2v) is 9.85. The zero-order valence-electron chi connectivity index (χ0n) is 19.8. The first kappa shape index (κ1) is 23.3. The summed E-state index contributed by atoms with van der Waals surface area (Å²) < 4.78 is 1.61. The molecule has 182 valence electrons. The van der Waals surface area contributed by atoms with Gasteiger partial charge in [-0.15, -0.1) is 16.9 Å². The van der Waals surface area contributed by atoms with Crippen molar-refractivity contribution in [3.05, 3.63) is 60.3 Å². The van der Waals surface area contributed by atoms with Gasteiger partial charge >= 0.3 is 0 Å². The second-order valence-electron chi connectivity index (χ2n) is 8.79. The summed E-state index contributed by atoms with van der Waals surface area (Å²) >= 11 is 1.51. The highest BCUT2D eigenvalue weighted by Gasteiger charge is 2.31.